The molecule has 16 heavy (non-hydrogen) atoms. The Kier molecular flexibility index (Phi) is 2.22. The van der Waals surface area contributed by atoms with Crippen molar-refractivity contribution in [3.05, 3.63) is 36.2 Å². The van der Waals surface area contributed by atoms with Crippen molar-refractivity contribution in [3.63, 3.8) is 0 Å². The van der Waals surface area contributed by atoms with Gasteiger partial charge < -0.3 is 4.98 Å². The maximum Gasteiger partial charge on any atom is 0.169 e. The molecule has 0 fully saturated rings. The van der Waals surface area contributed by atoms with E-state index in [1.54, 1.807) is 11.3 Å². The average Bonchev–Trinajstić information content (AvgIpc) is 2.87. The highest BCUT2D eigenvalue weighted by atomic mass is 32.1. The van der Waals surface area contributed by atoms with Crippen LogP contribution in [0, 0.1) is 0 Å². The number of aromatic amines is 1. The number of fused-ring (bicyclic) bond motifs is 1. The van der Waals surface area contributed by atoms with E-state index < -0.39 is 0 Å². The van der Waals surface area contributed by atoms with Crippen molar-refractivity contribution in [1.82, 2.24) is 15.0 Å². The van der Waals surface area contributed by atoms with Gasteiger partial charge in [0.25, 0.3) is 0 Å². The number of imidazole rings is 1. The molecule has 1 N–H and O–H groups in total. The molecule has 3 aromatic rings. The molecule has 0 amide bonds. The number of H-pyrrole nitrogens is 1. The van der Waals surface area contributed by atoms with Gasteiger partial charge in [0.1, 0.15) is 10.8 Å². The molecule has 0 aliphatic heterocycles. The molecule has 0 aliphatic rings. The Bertz CT molecular complexity index is 578. The van der Waals surface area contributed by atoms with Gasteiger partial charge >= 0.3 is 0 Å². The molecule has 0 unspecified atom stereocenters. The van der Waals surface area contributed by atoms with E-state index in [9.17, 15) is 0 Å². The van der Waals surface area contributed by atoms with Crippen molar-refractivity contribution in [2.75, 3.05) is 0 Å². The summed E-state index contributed by atoms with van der Waals surface area (Å²) in [5.41, 5.74) is 2.05. The smallest absolute Gasteiger partial charge is 0.169 e. The van der Waals surface area contributed by atoms with E-state index in [4.69, 9.17) is 0 Å². The van der Waals surface area contributed by atoms with E-state index in [0.29, 0.717) is 0 Å². The number of rotatable bonds is 2. The van der Waals surface area contributed by atoms with Crippen LogP contribution in [0.2, 0.25) is 0 Å². The van der Waals surface area contributed by atoms with Crippen LogP contribution in [-0.2, 0) is 6.42 Å². The summed E-state index contributed by atoms with van der Waals surface area (Å²) in [5, 5.41) is 1.03. The van der Waals surface area contributed by atoms with Gasteiger partial charge in [-0.1, -0.05) is 48.6 Å². The molecule has 3 nitrogen and oxygen atoms in total. The zero-order chi connectivity index (χ0) is 11.0. The number of nitrogens with one attached hydrogen (secondary N) is 1. The minimum Gasteiger partial charge on any atom is -0.326 e. The molecule has 0 atom stereocenters. The van der Waals surface area contributed by atoms with Crippen molar-refractivity contribution >= 4 is 21.8 Å². The Morgan fingerprint density at radius 2 is 2.00 bits per heavy atom. The molecule has 1 aromatic carbocycles. The zero-order valence-corrected chi connectivity index (χ0v) is 9.71. The lowest BCUT2D eigenvalue weighted by Gasteiger charge is -1.92. The third-order valence-corrected chi connectivity index (χ3v) is 3.46. The quantitative estimate of drug-likeness (QED) is 0.733. The molecule has 2 heterocycles. The van der Waals surface area contributed by atoms with Gasteiger partial charge in [-0.2, -0.15) is 0 Å². The fourth-order valence-corrected chi connectivity index (χ4v) is 2.55. The number of benzene rings is 1. The first-order valence-corrected chi connectivity index (χ1v) is 6.09. The Morgan fingerprint density at radius 1 is 1.19 bits per heavy atom. The lowest BCUT2D eigenvalue weighted by molar-refractivity contribution is 0.998. The number of hydrogen-bond acceptors (Lipinski definition) is 3. The Morgan fingerprint density at radius 3 is 2.69 bits per heavy atom. The van der Waals surface area contributed by atoms with Crippen LogP contribution in [0.25, 0.3) is 21.0 Å². The number of hydrogen-bond donors (Lipinski definition) is 1. The average molecular weight is 229 g/mol. The Hall–Kier alpha value is -1.68. The van der Waals surface area contributed by atoms with E-state index in [1.807, 2.05) is 18.2 Å². The molecule has 80 valence electrons. The van der Waals surface area contributed by atoms with Crippen molar-refractivity contribution in [2.45, 2.75) is 13.3 Å². The molecule has 0 saturated carbocycles. The second kappa shape index (κ2) is 3.72. The van der Waals surface area contributed by atoms with Crippen LogP contribution >= 0.6 is 11.3 Å². The van der Waals surface area contributed by atoms with E-state index in [0.717, 1.165) is 33.3 Å². The third kappa shape index (κ3) is 1.51. The highest BCUT2D eigenvalue weighted by molar-refractivity contribution is 7.21. The van der Waals surface area contributed by atoms with Crippen LogP contribution in [0.1, 0.15) is 12.7 Å². The molecule has 0 saturated heterocycles. The SMILES string of the molecule is CCc1nc2sc(-c3ccccc3)nc2[nH]1. The van der Waals surface area contributed by atoms with Gasteiger partial charge in [0, 0.05) is 12.0 Å². The number of aromatic nitrogens is 3. The normalized spacial score (nSPS) is 11.1. The van der Waals surface area contributed by atoms with Gasteiger partial charge in [0.05, 0.1) is 0 Å². The summed E-state index contributed by atoms with van der Waals surface area (Å²) in [6.45, 7) is 2.08. The molecular formula is C12H11N3S. The van der Waals surface area contributed by atoms with Crippen LogP contribution in [0.4, 0.5) is 0 Å². The summed E-state index contributed by atoms with van der Waals surface area (Å²) in [4.78, 5) is 13.2. The van der Waals surface area contributed by atoms with E-state index >= 15 is 0 Å². The fourth-order valence-electron chi connectivity index (χ4n) is 1.63. The van der Waals surface area contributed by atoms with Crippen LogP contribution in [0.3, 0.4) is 0 Å². The highest BCUT2D eigenvalue weighted by Crippen LogP contribution is 2.28. The summed E-state index contributed by atoms with van der Waals surface area (Å²) in [6, 6.07) is 10.2. The summed E-state index contributed by atoms with van der Waals surface area (Å²) >= 11 is 1.63. The Labute approximate surface area is 97.2 Å². The largest absolute Gasteiger partial charge is 0.326 e. The fraction of sp³-hybridized carbons (Fsp3) is 0.167. The van der Waals surface area contributed by atoms with Gasteiger partial charge in [-0.3, -0.25) is 0 Å². The van der Waals surface area contributed by atoms with Gasteiger partial charge in [0.2, 0.25) is 0 Å². The first kappa shape index (κ1) is 9.54. The minimum atomic E-state index is 0.903. The van der Waals surface area contributed by atoms with E-state index in [2.05, 4.69) is 34.0 Å². The molecule has 4 heteroatoms. The third-order valence-electron chi connectivity index (χ3n) is 2.46. The number of thiazole rings is 1. The van der Waals surface area contributed by atoms with Gasteiger partial charge in [-0.15, -0.1) is 0 Å². The molecule has 0 radical (unpaired) electrons. The molecule has 0 spiro atoms. The van der Waals surface area contributed by atoms with Crippen LogP contribution < -0.4 is 0 Å². The number of aryl methyl sites for hydroxylation is 1. The summed E-state index contributed by atoms with van der Waals surface area (Å²) in [6.07, 6.45) is 0.920. The van der Waals surface area contributed by atoms with Crippen molar-refractivity contribution in [3.8, 4) is 10.6 Å². The highest BCUT2D eigenvalue weighted by Gasteiger charge is 2.09. The first-order valence-electron chi connectivity index (χ1n) is 5.27. The second-order valence-corrected chi connectivity index (χ2v) is 4.55. The minimum absolute atomic E-state index is 0.903. The monoisotopic (exact) mass is 229 g/mol. The zero-order valence-electron chi connectivity index (χ0n) is 8.90. The molecule has 2 aromatic heterocycles. The summed E-state index contributed by atoms with van der Waals surface area (Å²) in [7, 11) is 0. The molecule has 3 rings (SSSR count). The molecule has 0 bridgehead atoms. The molecular weight excluding hydrogens is 218 g/mol. The maximum atomic E-state index is 4.55. The predicted octanol–water partition coefficient (Wildman–Crippen LogP) is 3.25. The lowest BCUT2D eigenvalue weighted by atomic mass is 10.2. The van der Waals surface area contributed by atoms with Gasteiger partial charge in [-0.25, -0.2) is 9.97 Å². The van der Waals surface area contributed by atoms with Crippen LogP contribution in [0.5, 0.6) is 0 Å². The standard InChI is InChI=1S/C12H11N3S/c1-2-9-13-10-12(14-9)16-11(15-10)8-6-4-3-5-7-8/h3-7H,2H2,1H3,(H,13,14). The summed E-state index contributed by atoms with van der Waals surface area (Å²) < 4.78 is 0. The lowest BCUT2D eigenvalue weighted by Crippen LogP contribution is -1.82. The van der Waals surface area contributed by atoms with Crippen molar-refractivity contribution < 1.29 is 0 Å². The van der Waals surface area contributed by atoms with Crippen molar-refractivity contribution in [2.24, 2.45) is 0 Å². The number of nitrogens with zero attached hydrogens (tertiary/aromatic N) is 2. The molecule has 0 aliphatic carbocycles. The predicted molar refractivity (Wildman–Crippen MR) is 66.6 cm³/mol. The van der Waals surface area contributed by atoms with Crippen LogP contribution in [-0.4, -0.2) is 15.0 Å². The van der Waals surface area contributed by atoms with Gasteiger partial charge in [0.15, 0.2) is 10.5 Å². The van der Waals surface area contributed by atoms with Crippen LogP contribution in [0.15, 0.2) is 30.3 Å². The topological polar surface area (TPSA) is 41.6 Å². The summed E-state index contributed by atoms with van der Waals surface area (Å²) in [5.74, 6) is 1.01. The second-order valence-electron chi connectivity index (χ2n) is 3.58. The maximum absolute atomic E-state index is 4.55. The van der Waals surface area contributed by atoms with E-state index in [1.165, 1.54) is 0 Å². The first-order chi connectivity index (χ1) is 7.86. The van der Waals surface area contributed by atoms with E-state index in [-0.39, 0.29) is 0 Å². The van der Waals surface area contributed by atoms with Crippen molar-refractivity contribution in [1.29, 1.82) is 0 Å². The van der Waals surface area contributed by atoms with Gasteiger partial charge in [-0.05, 0) is 0 Å². The Balaban J connectivity index is 2.10.